The second kappa shape index (κ2) is 9.17. The van der Waals surface area contributed by atoms with E-state index in [2.05, 4.69) is 32.6 Å². The topological polar surface area (TPSA) is 29.3 Å². The number of nitrogens with two attached hydrogens (primary N) is 1. The normalized spacial score (nSPS) is 13.8. The molecule has 0 aliphatic carbocycles. The molecule has 1 atom stereocenters. The van der Waals surface area contributed by atoms with Crippen LogP contribution >= 0.6 is 0 Å². The van der Waals surface area contributed by atoms with Crippen LogP contribution < -0.4 is 5.73 Å². The third kappa shape index (κ3) is 7.80. The summed E-state index contributed by atoms with van der Waals surface area (Å²) >= 11 is 0. The molecule has 0 amide bonds. The minimum atomic E-state index is 0.360. The molecule has 0 saturated carbocycles. The zero-order chi connectivity index (χ0) is 11.7. The molecule has 92 valence electrons. The van der Waals surface area contributed by atoms with Gasteiger partial charge in [0.1, 0.15) is 0 Å². The van der Waals surface area contributed by atoms with Crippen molar-refractivity contribution < 1.29 is 0 Å². The van der Waals surface area contributed by atoms with E-state index in [0.29, 0.717) is 12.1 Å². The van der Waals surface area contributed by atoms with Gasteiger partial charge in [0, 0.05) is 18.6 Å². The monoisotopic (exact) mass is 214 g/mol. The third-order valence-electron chi connectivity index (χ3n) is 2.91. The Labute approximate surface area is 96.2 Å². The third-order valence-corrected chi connectivity index (χ3v) is 2.91. The SMILES string of the molecule is CCCCCN(CC(N)CCC)C(C)C. The van der Waals surface area contributed by atoms with E-state index in [1.165, 1.54) is 32.2 Å². The van der Waals surface area contributed by atoms with Crippen LogP contribution in [0.15, 0.2) is 0 Å². The molecule has 1 unspecified atom stereocenters. The highest BCUT2D eigenvalue weighted by molar-refractivity contribution is 4.70. The van der Waals surface area contributed by atoms with Crippen LogP contribution in [0.5, 0.6) is 0 Å². The van der Waals surface area contributed by atoms with Crippen molar-refractivity contribution >= 4 is 0 Å². The second-order valence-corrected chi connectivity index (χ2v) is 4.84. The average molecular weight is 214 g/mol. The van der Waals surface area contributed by atoms with Crippen molar-refractivity contribution in [2.75, 3.05) is 13.1 Å². The van der Waals surface area contributed by atoms with Gasteiger partial charge in [0.05, 0.1) is 0 Å². The molecule has 0 heterocycles. The lowest BCUT2D eigenvalue weighted by molar-refractivity contribution is 0.201. The van der Waals surface area contributed by atoms with Gasteiger partial charge in [-0.05, 0) is 33.2 Å². The van der Waals surface area contributed by atoms with Crippen LogP contribution in [0, 0.1) is 0 Å². The van der Waals surface area contributed by atoms with Crippen LogP contribution in [0.4, 0.5) is 0 Å². The van der Waals surface area contributed by atoms with Crippen LogP contribution in [0.2, 0.25) is 0 Å². The Morgan fingerprint density at radius 2 is 1.73 bits per heavy atom. The summed E-state index contributed by atoms with van der Waals surface area (Å²) in [6.45, 7) is 11.3. The first-order chi connectivity index (χ1) is 7.11. The number of hydrogen-bond acceptors (Lipinski definition) is 2. The maximum absolute atomic E-state index is 6.09. The van der Waals surface area contributed by atoms with Gasteiger partial charge in [-0.2, -0.15) is 0 Å². The number of rotatable bonds is 9. The van der Waals surface area contributed by atoms with Crippen LogP contribution in [0.3, 0.4) is 0 Å². The van der Waals surface area contributed by atoms with E-state index in [4.69, 9.17) is 5.73 Å². The minimum absolute atomic E-state index is 0.360. The molecule has 0 aromatic rings. The van der Waals surface area contributed by atoms with Crippen molar-refractivity contribution in [2.24, 2.45) is 5.73 Å². The first-order valence-electron chi connectivity index (χ1n) is 6.61. The van der Waals surface area contributed by atoms with Gasteiger partial charge in [0.25, 0.3) is 0 Å². The van der Waals surface area contributed by atoms with E-state index in [9.17, 15) is 0 Å². The van der Waals surface area contributed by atoms with Crippen molar-refractivity contribution in [3.05, 3.63) is 0 Å². The molecule has 0 aliphatic rings. The van der Waals surface area contributed by atoms with E-state index in [1.54, 1.807) is 0 Å². The molecule has 0 spiro atoms. The fourth-order valence-electron chi connectivity index (χ4n) is 1.89. The van der Waals surface area contributed by atoms with E-state index in [0.717, 1.165) is 13.0 Å². The van der Waals surface area contributed by atoms with E-state index >= 15 is 0 Å². The molecule has 0 fully saturated rings. The minimum Gasteiger partial charge on any atom is -0.327 e. The molecule has 0 saturated heterocycles. The Balaban J connectivity index is 3.82. The number of nitrogens with zero attached hydrogens (tertiary/aromatic N) is 1. The molecular formula is C13H30N2. The largest absolute Gasteiger partial charge is 0.327 e. The molecular weight excluding hydrogens is 184 g/mol. The van der Waals surface area contributed by atoms with Gasteiger partial charge >= 0.3 is 0 Å². The number of unbranched alkanes of at least 4 members (excludes halogenated alkanes) is 2. The van der Waals surface area contributed by atoms with Gasteiger partial charge in [0.2, 0.25) is 0 Å². The highest BCUT2D eigenvalue weighted by atomic mass is 15.2. The molecule has 0 rings (SSSR count). The van der Waals surface area contributed by atoms with Crippen molar-refractivity contribution in [2.45, 2.75) is 71.9 Å². The summed E-state index contributed by atoms with van der Waals surface area (Å²) < 4.78 is 0. The average Bonchev–Trinajstić information content (AvgIpc) is 2.16. The predicted molar refractivity (Wildman–Crippen MR) is 69.1 cm³/mol. The molecule has 0 bridgehead atoms. The van der Waals surface area contributed by atoms with Gasteiger partial charge in [-0.1, -0.05) is 33.1 Å². The van der Waals surface area contributed by atoms with Crippen LogP contribution in [-0.2, 0) is 0 Å². The zero-order valence-corrected chi connectivity index (χ0v) is 11.1. The molecule has 2 heteroatoms. The fraction of sp³-hybridized carbons (Fsp3) is 1.00. The molecule has 2 N–H and O–H groups in total. The molecule has 0 radical (unpaired) electrons. The van der Waals surface area contributed by atoms with Crippen molar-refractivity contribution in [1.82, 2.24) is 4.90 Å². The fourth-order valence-corrected chi connectivity index (χ4v) is 1.89. The summed E-state index contributed by atoms with van der Waals surface area (Å²) in [6.07, 6.45) is 6.30. The van der Waals surface area contributed by atoms with Crippen LogP contribution in [0.25, 0.3) is 0 Å². The van der Waals surface area contributed by atoms with E-state index in [1.807, 2.05) is 0 Å². The lowest BCUT2D eigenvalue weighted by atomic mass is 10.1. The molecule has 0 aliphatic heterocycles. The predicted octanol–water partition coefficient (Wildman–Crippen LogP) is 3.01. The van der Waals surface area contributed by atoms with Gasteiger partial charge in [-0.15, -0.1) is 0 Å². The molecule has 15 heavy (non-hydrogen) atoms. The van der Waals surface area contributed by atoms with Crippen LogP contribution in [-0.4, -0.2) is 30.1 Å². The van der Waals surface area contributed by atoms with Gasteiger partial charge in [-0.3, -0.25) is 4.90 Å². The molecule has 2 nitrogen and oxygen atoms in total. The summed E-state index contributed by atoms with van der Waals surface area (Å²) in [6, 6.07) is 0.990. The summed E-state index contributed by atoms with van der Waals surface area (Å²) in [4.78, 5) is 2.52. The molecule has 0 aromatic carbocycles. The zero-order valence-electron chi connectivity index (χ0n) is 11.1. The lowest BCUT2D eigenvalue weighted by Crippen LogP contribution is -2.41. The summed E-state index contributed by atoms with van der Waals surface area (Å²) in [5, 5.41) is 0. The summed E-state index contributed by atoms with van der Waals surface area (Å²) in [5.74, 6) is 0. The van der Waals surface area contributed by atoms with Gasteiger partial charge < -0.3 is 5.73 Å². The first-order valence-corrected chi connectivity index (χ1v) is 6.61. The highest BCUT2D eigenvalue weighted by Crippen LogP contribution is 2.06. The summed E-state index contributed by atoms with van der Waals surface area (Å²) in [7, 11) is 0. The first kappa shape index (κ1) is 14.9. The number of hydrogen-bond donors (Lipinski definition) is 1. The van der Waals surface area contributed by atoms with Crippen molar-refractivity contribution in [3.8, 4) is 0 Å². The Morgan fingerprint density at radius 1 is 1.07 bits per heavy atom. The van der Waals surface area contributed by atoms with Crippen LogP contribution in [0.1, 0.15) is 59.8 Å². The molecule has 0 aromatic heterocycles. The second-order valence-electron chi connectivity index (χ2n) is 4.84. The summed E-state index contributed by atoms with van der Waals surface area (Å²) in [5.41, 5.74) is 6.09. The Bertz CT molecular complexity index is 134. The lowest BCUT2D eigenvalue weighted by Gasteiger charge is -2.29. The smallest absolute Gasteiger partial charge is 0.0167 e. The quantitative estimate of drug-likeness (QED) is 0.598. The Hall–Kier alpha value is -0.0800. The van der Waals surface area contributed by atoms with E-state index in [-0.39, 0.29) is 0 Å². The maximum atomic E-state index is 6.09. The van der Waals surface area contributed by atoms with Gasteiger partial charge in [0.15, 0.2) is 0 Å². The van der Waals surface area contributed by atoms with Crippen molar-refractivity contribution in [3.63, 3.8) is 0 Å². The highest BCUT2D eigenvalue weighted by Gasteiger charge is 2.12. The van der Waals surface area contributed by atoms with Crippen molar-refractivity contribution in [1.29, 1.82) is 0 Å². The Morgan fingerprint density at radius 3 is 2.20 bits per heavy atom. The standard InChI is InChI=1S/C13H30N2/c1-5-7-8-10-15(12(3)4)11-13(14)9-6-2/h12-13H,5-11,14H2,1-4H3. The van der Waals surface area contributed by atoms with E-state index < -0.39 is 0 Å². The Kier molecular flexibility index (Phi) is 9.12. The van der Waals surface area contributed by atoms with Gasteiger partial charge in [-0.25, -0.2) is 0 Å². The maximum Gasteiger partial charge on any atom is 0.0167 e.